The van der Waals surface area contributed by atoms with Gasteiger partial charge in [-0.15, -0.1) is 0 Å². The Morgan fingerprint density at radius 3 is 2.62 bits per heavy atom. The van der Waals surface area contributed by atoms with Crippen LogP contribution in [0.3, 0.4) is 0 Å². The second-order valence-electron chi connectivity index (χ2n) is 8.74. The Balaban J connectivity index is 1.46. The standard InChI is InChI=1S/C23H29N3O3/c1-16(2)19-7-5-18(6-8-19)13-25-11-4-9-23(22(25)28)10-12-26(14-23)21(27)20-17(3)29-15-24-20/h5-8,15-16H,4,9-14H2,1-3H3/t23-/m0/s1. The summed E-state index contributed by atoms with van der Waals surface area (Å²) in [5, 5.41) is 0. The highest BCUT2D eigenvalue weighted by atomic mass is 16.3. The third-order valence-electron chi connectivity index (χ3n) is 6.43. The van der Waals surface area contributed by atoms with Crippen molar-refractivity contribution in [2.45, 2.75) is 52.5 Å². The summed E-state index contributed by atoms with van der Waals surface area (Å²) in [5.74, 6) is 1.07. The Morgan fingerprint density at radius 2 is 1.97 bits per heavy atom. The van der Waals surface area contributed by atoms with Crippen LogP contribution in [0.4, 0.5) is 0 Å². The van der Waals surface area contributed by atoms with E-state index < -0.39 is 5.41 Å². The van der Waals surface area contributed by atoms with E-state index >= 15 is 0 Å². The fourth-order valence-corrected chi connectivity index (χ4v) is 4.62. The number of nitrogens with zero attached hydrogens (tertiary/aromatic N) is 3. The monoisotopic (exact) mass is 395 g/mol. The molecule has 1 spiro atoms. The number of carbonyl (C=O) groups excluding carboxylic acids is 2. The fourth-order valence-electron chi connectivity index (χ4n) is 4.62. The van der Waals surface area contributed by atoms with E-state index in [1.165, 1.54) is 12.0 Å². The first-order chi connectivity index (χ1) is 13.9. The molecule has 2 aliphatic heterocycles. The van der Waals surface area contributed by atoms with E-state index in [0.717, 1.165) is 31.4 Å². The van der Waals surface area contributed by atoms with E-state index in [2.05, 4.69) is 43.1 Å². The van der Waals surface area contributed by atoms with Crippen LogP contribution in [0, 0.1) is 12.3 Å². The molecule has 4 rings (SSSR count). The minimum atomic E-state index is -0.455. The van der Waals surface area contributed by atoms with Crippen molar-refractivity contribution >= 4 is 11.8 Å². The van der Waals surface area contributed by atoms with Gasteiger partial charge in [0.2, 0.25) is 5.91 Å². The largest absolute Gasteiger partial charge is 0.448 e. The number of piperidine rings is 1. The Hall–Kier alpha value is -2.63. The van der Waals surface area contributed by atoms with Gasteiger partial charge in [0, 0.05) is 26.2 Å². The average Bonchev–Trinajstić information content (AvgIpc) is 3.33. The minimum Gasteiger partial charge on any atom is -0.448 e. The van der Waals surface area contributed by atoms with Gasteiger partial charge < -0.3 is 14.2 Å². The van der Waals surface area contributed by atoms with Gasteiger partial charge in [0.1, 0.15) is 5.76 Å². The van der Waals surface area contributed by atoms with Gasteiger partial charge in [-0.1, -0.05) is 38.1 Å². The van der Waals surface area contributed by atoms with E-state index in [1.54, 1.807) is 11.8 Å². The van der Waals surface area contributed by atoms with Crippen LogP contribution in [0.15, 0.2) is 35.1 Å². The fraction of sp³-hybridized carbons (Fsp3) is 0.522. The molecule has 6 nitrogen and oxygen atoms in total. The molecular formula is C23H29N3O3. The molecule has 2 aliphatic rings. The van der Waals surface area contributed by atoms with Crippen LogP contribution in [0.1, 0.15) is 66.4 Å². The smallest absolute Gasteiger partial charge is 0.276 e. The van der Waals surface area contributed by atoms with E-state index in [0.29, 0.717) is 37.0 Å². The van der Waals surface area contributed by atoms with Gasteiger partial charge >= 0.3 is 0 Å². The summed E-state index contributed by atoms with van der Waals surface area (Å²) in [4.78, 5) is 34.0. The van der Waals surface area contributed by atoms with Crippen LogP contribution >= 0.6 is 0 Å². The van der Waals surface area contributed by atoms with Crippen molar-refractivity contribution in [2.75, 3.05) is 19.6 Å². The first kappa shape index (κ1) is 19.7. The van der Waals surface area contributed by atoms with Crippen LogP contribution in [0.5, 0.6) is 0 Å². The Bertz CT molecular complexity index is 902. The lowest BCUT2D eigenvalue weighted by Gasteiger charge is -2.39. The van der Waals surface area contributed by atoms with Gasteiger partial charge in [0.15, 0.2) is 12.1 Å². The highest BCUT2D eigenvalue weighted by Gasteiger charge is 2.49. The molecule has 0 N–H and O–H groups in total. The third-order valence-corrected chi connectivity index (χ3v) is 6.43. The van der Waals surface area contributed by atoms with Crippen LogP contribution < -0.4 is 0 Å². The number of hydrogen-bond acceptors (Lipinski definition) is 4. The Labute approximate surface area is 171 Å². The molecule has 1 aromatic heterocycles. The van der Waals surface area contributed by atoms with E-state index in [1.807, 2.05) is 4.90 Å². The lowest BCUT2D eigenvalue weighted by atomic mass is 9.78. The van der Waals surface area contributed by atoms with Crippen LogP contribution in [-0.2, 0) is 11.3 Å². The molecule has 6 heteroatoms. The first-order valence-electron chi connectivity index (χ1n) is 10.5. The topological polar surface area (TPSA) is 66.7 Å². The number of amides is 2. The molecule has 1 aromatic carbocycles. The van der Waals surface area contributed by atoms with Gasteiger partial charge in [0.25, 0.3) is 5.91 Å². The van der Waals surface area contributed by atoms with Crippen molar-refractivity contribution < 1.29 is 14.0 Å². The number of aromatic nitrogens is 1. The van der Waals surface area contributed by atoms with Crippen LogP contribution in [0.2, 0.25) is 0 Å². The van der Waals surface area contributed by atoms with E-state index in [-0.39, 0.29) is 11.8 Å². The maximum Gasteiger partial charge on any atom is 0.276 e. The lowest BCUT2D eigenvalue weighted by Crippen LogP contribution is -2.50. The van der Waals surface area contributed by atoms with Crippen molar-refractivity contribution in [3.05, 3.63) is 53.2 Å². The first-order valence-corrected chi connectivity index (χ1v) is 10.5. The van der Waals surface area contributed by atoms with Crippen molar-refractivity contribution in [2.24, 2.45) is 5.41 Å². The summed E-state index contributed by atoms with van der Waals surface area (Å²) in [6.45, 7) is 8.58. The maximum atomic E-state index is 13.4. The number of oxazole rings is 1. The molecule has 29 heavy (non-hydrogen) atoms. The SMILES string of the molecule is Cc1ocnc1C(=O)N1CC[C@@]2(CCCN(Cc3ccc(C(C)C)cc3)C2=O)C1. The second kappa shape index (κ2) is 7.65. The number of rotatable bonds is 4. The molecule has 3 heterocycles. The van der Waals surface area contributed by atoms with Gasteiger partial charge in [-0.05, 0) is 43.2 Å². The highest BCUT2D eigenvalue weighted by molar-refractivity contribution is 5.94. The number of likely N-dealkylation sites (tertiary alicyclic amines) is 2. The van der Waals surface area contributed by atoms with Crippen molar-refractivity contribution in [3.63, 3.8) is 0 Å². The Kier molecular flexibility index (Phi) is 5.19. The van der Waals surface area contributed by atoms with Gasteiger partial charge in [0.05, 0.1) is 5.41 Å². The number of aryl methyl sites for hydroxylation is 1. The number of carbonyl (C=O) groups is 2. The molecule has 0 aliphatic carbocycles. The molecule has 0 bridgehead atoms. The Morgan fingerprint density at radius 1 is 1.21 bits per heavy atom. The molecule has 2 saturated heterocycles. The number of hydrogen-bond donors (Lipinski definition) is 0. The summed E-state index contributed by atoms with van der Waals surface area (Å²) in [6.07, 6.45) is 3.83. The molecule has 154 valence electrons. The molecular weight excluding hydrogens is 366 g/mol. The molecule has 2 amide bonds. The zero-order chi connectivity index (χ0) is 20.6. The lowest BCUT2D eigenvalue weighted by molar-refractivity contribution is -0.146. The minimum absolute atomic E-state index is 0.137. The average molecular weight is 396 g/mol. The predicted molar refractivity (Wildman–Crippen MR) is 109 cm³/mol. The van der Waals surface area contributed by atoms with Crippen molar-refractivity contribution in [3.8, 4) is 0 Å². The van der Waals surface area contributed by atoms with Gasteiger partial charge in [-0.3, -0.25) is 9.59 Å². The predicted octanol–water partition coefficient (Wildman–Crippen LogP) is 3.76. The number of benzene rings is 1. The zero-order valence-corrected chi connectivity index (χ0v) is 17.5. The van der Waals surface area contributed by atoms with Gasteiger partial charge in [-0.25, -0.2) is 4.98 Å². The van der Waals surface area contributed by atoms with Crippen LogP contribution in [-0.4, -0.2) is 46.2 Å². The second-order valence-corrected chi connectivity index (χ2v) is 8.74. The summed E-state index contributed by atoms with van der Waals surface area (Å²) in [6, 6.07) is 8.56. The molecule has 0 saturated carbocycles. The van der Waals surface area contributed by atoms with Gasteiger partial charge in [-0.2, -0.15) is 0 Å². The van der Waals surface area contributed by atoms with Crippen LogP contribution in [0.25, 0.3) is 0 Å². The summed E-state index contributed by atoms with van der Waals surface area (Å²) in [7, 11) is 0. The third kappa shape index (κ3) is 3.68. The molecule has 1 atom stereocenters. The van der Waals surface area contributed by atoms with E-state index in [4.69, 9.17) is 4.42 Å². The molecule has 0 unspecified atom stereocenters. The quantitative estimate of drug-likeness (QED) is 0.791. The summed E-state index contributed by atoms with van der Waals surface area (Å²) < 4.78 is 5.18. The highest BCUT2D eigenvalue weighted by Crippen LogP contribution is 2.41. The molecule has 0 radical (unpaired) electrons. The zero-order valence-electron chi connectivity index (χ0n) is 17.5. The van der Waals surface area contributed by atoms with Crippen molar-refractivity contribution in [1.82, 2.24) is 14.8 Å². The maximum absolute atomic E-state index is 13.4. The van der Waals surface area contributed by atoms with Crippen molar-refractivity contribution in [1.29, 1.82) is 0 Å². The summed E-state index contributed by atoms with van der Waals surface area (Å²) in [5.41, 5.74) is 2.36. The molecule has 2 fully saturated rings. The molecule has 2 aromatic rings. The normalized spacial score (nSPS) is 22.1. The summed E-state index contributed by atoms with van der Waals surface area (Å²) >= 11 is 0. The van der Waals surface area contributed by atoms with E-state index in [9.17, 15) is 9.59 Å².